The van der Waals surface area contributed by atoms with Crippen LogP contribution in [0.5, 0.6) is 0 Å². The van der Waals surface area contributed by atoms with Crippen molar-refractivity contribution in [1.29, 1.82) is 0 Å². The second-order valence-corrected chi connectivity index (χ2v) is 6.55. The fourth-order valence-electron chi connectivity index (χ4n) is 3.70. The van der Waals surface area contributed by atoms with Crippen LogP contribution in [0.25, 0.3) is 0 Å². The van der Waals surface area contributed by atoms with Crippen LogP contribution < -0.4 is 0 Å². The summed E-state index contributed by atoms with van der Waals surface area (Å²) in [5.74, 6) is 2.44. The largest absolute Gasteiger partial charge is 0.393 e. The second kappa shape index (κ2) is 6.70. The predicted octanol–water partition coefficient (Wildman–Crippen LogP) is 3.60. The highest BCUT2D eigenvalue weighted by Crippen LogP contribution is 2.31. The van der Waals surface area contributed by atoms with Gasteiger partial charge in [0.2, 0.25) is 5.89 Å². The standard InChI is InChI=1S/C16H26N2O2/c19-14-10-6-5-9-13(14)11-15-17-16(18-20-15)12-7-3-1-2-4-8-12/h12-14,19H,1-11H2. The number of aliphatic hydroxyl groups excluding tert-OH is 1. The van der Waals surface area contributed by atoms with Crippen molar-refractivity contribution in [1.82, 2.24) is 10.1 Å². The van der Waals surface area contributed by atoms with Crippen molar-refractivity contribution in [2.75, 3.05) is 0 Å². The van der Waals surface area contributed by atoms with Gasteiger partial charge in [-0.05, 0) is 31.6 Å². The van der Waals surface area contributed by atoms with E-state index in [0.717, 1.165) is 37.4 Å². The molecule has 0 saturated heterocycles. The summed E-state index contributed by atoms with van der Waals surface area (Å²) in [6.45, 7) is 0. The fraction of sp³-hybridized carbons (Fsp3) is 0.875. The highest BCUT2D eigenvalue weighted by atomic mass is 16.5. The quantitative estimate of drug-likeness (QED) is 0.858. The van der Waals surface area contributed by atoms with Gasteiger partial charge in [0.1, 0.15) is 0 Å². The van der Waals surface area contributed by atoms with Gasteiger partial charge >= 0.3 is 0 Å². The van der Waals surface area contributed by atoms with Crippen molar-refractivity contribution in [3.8, 4) is 0 Å². The molecule has 20 heavy (non-hydrogen) atoms. The van der Waals surface area contributed by atoms with E-state index >= 15 is 0 Å². The van der Waals surface area contributed by atoms with E-state index in [1.807, 2.05) is 0 Å². The molecular formula is C16H26N2O2. The van der Waals surface area contributed by atoms with Crippen molar-refractivity contribution >= 4 is 0 Å². The van der Waals surface area contributed by atoms with Crippen LogP contribution in [-0.4, -0.2) is 21.4 Å². The first-order valence-electron chi connectivity index (χ1n) is 8.33. The van der Waals surface area contributed by atoms with E-state index in [4.69, 9.17) is 4.52 Å². The minimum absolute atomic E-state index is 0.183. The van der Waals surface area contributed by atoms with Crippen LogP contribution in [-0.2, 0) is 6.42 Å². The molecule has 4 nitrogen and oxygen atoms in total. The Bertz CT molecular complexity index is 410. The molecule has 112 valence electrons. The molecule has 1 aromatic rings. The Morgan fingerprint density at radius 2 is 1.65 bits per heavy atom. The van der Waals surface area contributed by atoms with Crippen LogP contribution in [0.2, 0.25) is 0 Å². The average molecular weight is 278 g/mol. The van der Waals surface area contributed by atoms with Gasteiger partial charge in [0.15, 0.2) is 5.82 Å². The summed E-state index contributed by atoms with van der Waals surface area (Å²) < 4.78 is 5.44. The lowest BCUT2D eigenvalue weighted by atomic mass is 9.84. The molecule has 2 aliphatic rings. The summed E-state index contributed by atoms with van der Waals surface area (Å²) in [5, 5.41) is 14.2. The number of aromatic nitrogens is 2. The summed E-state index contributed by atoms with van der Waals surface area (Å²) in [6.07, 6.45) is 12.6. The molecule has 2 aliphatic carbocycles. The van der Waals surface area contributed by atoms with Crippen molar-refractivity contribution < 1.29 is 9.63 Å². The third-order valence-electron chi connectivity index (χ3n) is 5.01. The maximum atomic E-state index is 10.0. The lowest BCUT2D eigenvalue weighted by Gasteiger charge is -2.26. The molecule has 0 radical (unpaired) electrons. The van der Waals surface area contributed by atoms with Gasteiger partial charge in [-0.3, -0.25) is 0 Å². The maximum absolute atomic E-state index is 10.0. The second-order valence-electron chi connectivity index (χ2n) is 6.55. The van der Waals surface area contributed by atoms with Gasteiger partial charge in [-0.2, -0.15) is 4.98 Å². The monoisotopic (exact) mass is 278 g/mol. The predicted molar refractivity (Wildman–Crippen MR) is 76.4 cm³/mol. The van der Waals surface area contributed by atoms with Gasteiger partial charge in [-0.25, -0.2) is 0 Å². The zero-order valence-corrected chi connectivity index (χ0v) is 12.3. The van der Waals surface area contributed by atoms with Gasteiger partial charge in [-0.1, -0.05) is 43.7 Å². The highest BCUT2D eigenvalue weighted by Gasteiger charge is 2.26. The molecule has 0 spiro atoms. The molecule has 0 amide bonds. The smallest absolute Gasteiger partial charge is 0.227 e. The first kappa shape index (κ1) is 14.1. The third-order valence-corrected chi connectivity index (χ3v) is 5.01. The first-order chi connectivity index (χ1) is 9.83. The Morgan fingerprint density at radius 1 is 0.950 bits per heavy atom. The van der Waals surface area contributed by atoms with E-state index in [1.165, 1.54) is 44.9 Å². The van der Waals surface area contributed by atoms with E-state index in [-0.39, 0.29) is 6.10 Å². The molecule has 1 aromatic heterocycles. The number of rotatable bonds is 3. The van der Waals surface area contributed by atoms with E-state index in [1.54, 1.807) is 0 Å². The number of aliphatic hydroxyl groups is 1. The minimum atomic E-state index is -0.183. The number of hydrogen-bond donors (Lipinski definition) is 1. The molecule has 3 rings (SSSR count). The van der Waals surface area contributed by atoms with Gasteiger partial charge < -0.3 is 9.63 Å². The molecule has 0 aromatic carbocycles. The molecule has 0 aliphatic heterocycles. The van der Waals surface area contributed by atoms with Gasteiger partial charge in [0.25, 0.3) is 0 Å². The zero-order valence-electron chi connectivity index (χ0n) is 12.3. The lowest BCUT2D eigenvalue weighted by molar-refractivity contribution is 0.0657. The minimum Gasteiger partial charge on any atom is -0.393 e. The Kier molecular flexibility index (Phi) is 4.71. The Morgan fingerprint density at radius 3 is 2.40 bits per heavy atom. The summed E-state index contributed by atoms with van der Waals surface area (Å²) in [4.78, 5) is 4.62. The maximum Gasteiger partial charge on any atom is 0.227 e. The molecule has 1 N–H and O–H groups in total. The molecule has 1 heterocycles. The number of hydrogen-bond acceptors (Lipinski definition) is 4. The normalized spacial score (nSPS) is 29.2. The summed E-state index contributed by atoms with van der Waals surface area (Å²) in [6, 6.07) is 0. The third kappa shape index (κ3) is 3.40. The molecule has 0 bridgehead atoms. The average Bonchev–Trinajstić information content (AvgIpc) is 2.74. The topological polar surface area (TPSA) is 59.2 Å². The van der Waals surface area contributed by atoms with E-state index in [9.17, 15) is 5.11 Å². The molecule has 2 saturated carbocycles. The van der Waals surface area contributed by atoms with Crippen LogP contribution in [0.4, 0.5) is 0 Å². The summed E-state index contributed by atoms with van der Waals surface area (Å²) >= 11 is 0. The fourth-order valence-corrected chi connectivity index (χ4v) is 3.70. The van der Waals surface area contributed by atoms with Crippen molar-refractivity contribution in [2.24, 2.45) is 5.92 Å². The van der Waals surface area contributed by atoms with Crippen LogP contribution in [0, 0.1) is 5.92 Å². The van der Waals surface area contributed by atoms with E-state index in [2.05, 4.69) is 10.1 Å². The van der Waals surface area contributed by atoms with Gasteiger partial charge in [0, 0.05) is 12.3 Å². The highest BCUT2D eigenvalue weighted by molar-refractivity contribution is 4.97. The van der Waals surface area contributed by atoms with Crippen LogP contribution in [0.3, 0.4) is 0 Å². The van der Waals surface area contributed by atoms with Gasteiger partial charge in [-0.15, -0.1) is 0 Å². The lowest BCUT2D eigenvalue weighted by Crippen LogP contribution is -2.26. The molecule has 2 fully saturated rings. The van der Waals surface area contributed by atoms with Gasteiger partial charge in [0.05, 0.1) is 6.10 Å². The molecule has 4 heteroatoms. The van der Waals surface area contributed by atoms with Crippen LogP contribution in [0.15, 0.2) is 4.52 Å². The van der Waals surface area contributed by atoms with Crippen molar-refractivity contribution in [3.63, 3.8) is 0 Å². The van der Waals surface area contributed by atoms with Crippen molar-refractivity contribution in [2.45, 2.75) is 82.7 Å². The number of nitrogens with zero attached hydrogens (tertiary/aromatic N) is 2. The molecule has 2 unspecified atom stereocenters. The summed E-state index contributed by atoms with van der Waals surface area (Å²) in [7, 11) is 0. The SMILES string of the molecule is OC1CCCCC1Cc1nc(C2CCCCCC2)no1. The Balaban J connectivity index is 1.60. The molecule has 2 atom stereocenters. The molecular weight excluding hydrogens is 252 g/mol. The first-order valence-corrected chi connectivity index (χ1v) is 8.33. The van der Waals surface area contributed by atoms with Crippen LogP contribution in [0.1, 0.15) is 81.8 Å². The Hall–Kier alpha value is -0.900. The van der Waals surface area contributed by atoms with E-state index < -0.39 is 0 Å². The Labute approximate surface area is 121 Å². The van der Waals surface area contributed by atoms with Crippen LogP contribution >= 0.6 is 0 Å². The van der Waals surface area contributed by atoms with E-state index in [0.29, 0.717) is 11.8 Å². The summed E-state index contributed by atoms with van der Waals surface area (Å²) in [5.41, 5.74) is 0. The van der Waals surface area contributed by atoms with Crippen molar-refractivity contribution in [3.05, 3.63) is 11.7 Å². The zero-order chi connectivity index (χ0) is 13.8.